The average Bonchev–Trinajstić information content (AvgIpc) is 3.35. The summed E-state index contributed by atoms with van der Waals surface area (Å²) >= 11 is 1.52. The quantitative estimate of drug-likeness (QED) is 0.491. The molecule has 142 valence electrons. The number of alkyl halides is 3. The molecule has 1 amide bonds. The molecule has 0 atom stereocenters. The third-order valence-corrected chi connectivity index (χ3v) is 5.09. The molecule has 28 heavy (non-hydrogen) atoms. The largest absolute Gasteiger partial charge is 0.431 e. The molecule has 0 saturated carbocycles. The van der Waals surface area contributed by atoms with Gasteiger partial charge in [0, 0.05) is 40.2 Å². The average molecular weight is 401 g/mol. The van der Waals surface area contributed by atoms with Crippen molar-refractivity contribution in [3.8, 4) is 10.6 Å². The first-order valence-electron chi connectivity index (χ1n) is 8.37. The number of halogens is 3. The topological polar surface area (TPSA) is 57.8 Å². The number of nitrogens with one attached hydrogen (secondary N) is 2. The molecule has 2 aromatic heterocycles. The highest BCUT2D eigenvalue weighted by Crippen LogP contribution is 2.31. The maximum Gasteiger partial charge on any atom is 0.431 e. The van der Waals surface area contributed by atoms with E-state index in [4.69, 9.17) is 0 Å². The van der Waals surface area contributed by atoms with Crippen molar-refractivity contribution in [2.24, 2.45) is 0 Å². The van der Waals surface area contributed by atoms with E-state index in [-0.39, 0.29) is 12.5 Å². The van der Waals surface area contributed by atoms with E-state index in [9.17, 15) is 18.0 Å². The summed E-state index contributed by atoms with van der Waals surface area (Å²) in [5.41, 5.74) is 1.77. The number of benzene rings is 2. The number of aromatic nitrogens is 2. The number of hydrogen-bond donors (Lipinski definition) is 2. The van der Waals surface area contributed by atoms with E-state index in [0.717, 1.165) is 16.6 Å². The van der Waals surface area contributed by atoms with Gasteiger partial charge < -0.3 is 10.3 Å². The molecule has 4 rings (SSSR count). The van der Waals surface area contributed by atoms with Crippen LogP contribution in [0.25, 0.3) is 21.5 Å². The number of amides is 1. The molecule has 4 nitrogen and oxygen atoms in total. The van der Waals surface area contributed by atoms with Crippen molar-refractivity contribution in [3.05, 3.63) is 76.9 Å². The summed E-state index contributed by atoms with van der Waals surface area (Å²) in [6, 6.07) is 13.1. The van der Waals surface area contributed by atoms with Crippen molar-refractivity contribution in [1.29, 1.82) is 0 Å². The van der Waals surface area contributed by atoms with Gasteiger partial charge in [0.25, 0.3) is 5.91 Å². The molecule has 0 saturated heterocycles. The first-order chi connectivity index (χ1) is 13.4. The maximum absolute atomic E-state index is 12.8. The molecule has 0 bridgehead atoms. The minimum atomic E-state index is -4.42. The van der Waals surface area contributed by atoms with E-state index in [0.29, 0.717) is 22.0 Å². The molecule has 8 heteroatoms. The molecule has 2 aromatic carbocycles. The minimum Gasteiger partial charge on any atom is -0.351 e. The predicted molar refractivity (Wildman–Crippen MR) is 102 cm³/mol. The number of fused-ring (bicyclic) bond motifs is 1. The third kappa shape index (κ3) is 3.77. The lowest BCUT2D eigenvalue weighted by atomic mass is 10.1. The van der Waals surface area contributed by atoms with Crippen molar-refractivity contribution in [2.75, 3.05) is 0 Å². The smallest absolute Gasteiger partial charge is 0.351 e. The van der Waals surface area contributed by atoms with Crippen molar-refractivity contribution in [3.63, 3.8) is 0 Å². The van der Waals surface area contributed by atoms with E-state index in [1.54, 1.807) is 36.5 Å². The number of thiazole rings is 1. The van der Waals surface area contributed by atoms with Crippen LogP contribution in [0.3, 0.4) is 0 Å². The normalized spacial score (nSPS) is 11.7. The van der Waals surface area contributed by atoms with Gasteiger partial charge in [0.1, 0.15) is 10.7 Å². The lowest BCUT2D eigenvalue weighted by Crippen LogP contribution is -2.22. The summed E-state index contributed by atoms with van der Waals surface area (Å²) in [6.45, 7) is 0.218. The molecule has 2 heterocycles. The van der Waals surface area contributed by atoms with Crippen LogP contribution < -0.4 is 5.32 Å². The summed E-state index contributed by atoms with van der Waals surface area (Å²) < 4.78 is 38.4. The van der Waals surface area contributed by atoms with Gasteiger partial charge in [0.15, 0.2) is 0 Å². The van der Waals surface area contributed by atoms with Crippen LogP contribution in [0.15, 0.2) is 60.1 Å². The number of hydrogen-bond acceptors (Lipinski definition) is 3. The highest BCUT2D eigenvalue weighted by Gasteiger charge is 2.32. The molecule has 0 aliphatic heterocycles. The fourth-order valence-corrected chi connectivity index (χ4v) is 3.50. The predicted octanol–water partition coefficient (Wildman–Crippen LogP) is 5.24. The number of H-pyrrole nitrogens is 1. The van der Waals surface area contributed by atoms with Crippen LogP contribution in [0, 0.1) is 0 Å². The molecule has 2 N–H and O–H groups in total. The van der Waals surface area contributed by atoms with E-state index >= 15 is 0 Å². The molecule has 4 aromatic rings. The van der Waals surface area contributed by atoms with Gasteiger partial charge in [-0.2, -0.15) is 13.2 Å². The molecule has 0 unspecified atom stereocenters. The van der Waals surface area contributed by atoms with Crippen LogP contribution in [0.5, 0.6) is 0 Å². The van der Waals surface area contributed by atoms with Crippen LogP contribution in [0.1, 0.15) is 21.6 Å². The van der Waals surface area contributed by atoms with Crippen molar-refractivity contribution >= 4 is 28.1 Å². The summed E-state index contributed by atoms with van der Waals surface area (Å²) in [5.74, 6) is -0.254. The summed E-state index contributed by atoms with van der Waals surface area (Å²) in [4.78, 5) is 18.9. The Labute approximate surface area is 162 Å². The Morgan fingerprint density at radius 2 is 1.89 bits per heavy atom. The fourth-order valence-electron chi connectivity index (χ4n) is 2.86. The minimum absolute atomic E-state index is 0.218. The van der Waals surface area contributed by atoms with Crippen LogP contribution in [-0.4, -0.2) is 15.9 Å². The van der Waals surface area contributed by atoms with Crippen molar-refractivity contribution in [1.82, 2.24) is 15.3 Å². The van der Waals surface area contributed by atoms with Gasteiger partial charge in [-0.25, -0.2) is 4.98 Å². The zero-order valence-corrected chi connectivity index (χ0v) is 15.2. The fraction of sp³-hybridized carbons (Fsp3) is 0.100. The van der Waals surface area contributed by atoms with Gasteiger partial charge in [0.05, 0.1) is 0 Å². The monoisotopic (exact) mass is 401 g/mol. The highest BCUT2D eigenvalue weighted by molar-refractivity contribution is 7.13. The maximum atomic E-state index is 12.8. The molecule has 0 aliphatic carbocycles. The van der Waals surface area contributed by atoms with Gasteiger partial charge in [-0.05, 0) is 35.9 Å². The van der Waals surface area contributed by atoms with Gasteiger partial charge in [0.2, 0.25) is 0 Å². The lowest BCUT2D eigenvalue weighted by molar-refractivity contribution is -0.140. The van der Waals surface area contributed by atoms with Crippen LogP contribution in [0.2, 0.25) is 0 Å². The summed E-state index contributed by atoms with van der Waals surface area (Å²) in [5, 5.41) is 6.00. The number of aromatic amines is 1. The van der Waals surface area contributed by atoms with Gasteiger partial charge in [-0.3, -0.25) is 4.79 Å². The molecular formula is C20H14F3N3OS. The highest BCUT2D eigenvalue weighted by atomic mass is 32.1. The van der Waals surface area contributed by atoms with Gasteiger partial charge >= 0.3 is 6.18 Å². The molecule has 0 radical (unpaired) electrons. The number of nitrogens with zero attached hydrogens (tertiary/aromatic N) is 1. The standard InChI is InChI=1S/C20H14F3N3OS/c21-20(22,23)17-10-15-9-12(1-6-16(15)26-17)11-25-18(27)13-2-4-14(5-3-13)19-24-7-8-28-19/h1-10,26H,11H2,(H,25,27). The Morgan fingerprint density at radius 1 is 1.11 bits per heavy atom. The first-order valence-corrected chi connectivity index (χ1v) is 9.25. The summed E-state index contributed by atoms with van der Waals surface area (Å²) in [7, 11) is 0. The van der Waals surface area contributed by atoms with Crippen LogP contribution >= 0.6 is 11.3 Å². The van der Waals surface area contributed by atoms with E-state index < -0.39 is 11.9 Å². The third-order valence-electron chi connectivity index (χ3n) is 4.27. The molecular weight excluding hydrogens is 387 g/mol. The van der Waals surface area contributed by atoms with Gasteiger partial charge in [-0.1, -0.05) is 18.2 Å². The number of rotatable bonds is 4. The lowest BCUT2D eigenvalue weighted by Gasteiger charge is -2.06. The Morgan fingerprint density at radius 3 is 2.57 bits per heavy atom. The second-order valence-corrected chi connectivity index (χ2v) is 7.09. The van der Waals surface area contributed by atoms with Crippen LogP contribution in [0.4, 0.5) is 13.2 Å². The Hall–Kier alpha value is -3.13. The molecule has 0 spiro atoms. The first kappa shape index (κ1) is 18.2. The second-order valence-electron chi connectivity index (χ2n) is 6.20. The number of carbonyl (C=O) groups is 1. The second kappa shape index (κ2) is 7.12. The SMILES string of the molecule is O=C(NCc1ccc2[nH]c(C(F)(F)F)cc2c1)c1ccc(-c2nccs2)cc1. The molecule has 0 aliphatic rings. The van der Waals surface area contributed by atoms with E-state index in [2.05, 4.69) is 15.3 Å². The summed E-state index contributed by atoms with van der Waals surface area (Å²) in [6.07, 6.45) is -2.70. The Balaban J connectivity index is 1.44. The van der Waals surface area contributed by atoms with E-state index in [1.807, 2.05) is 17.5 Å². The molecule has 0 fully saturated rings. The van der Waals surface area contributed by atoms with Gasteiger partial charge in [-0.15, -0.1) is 11.3 Å². The van der Waals surface area contributed by atoms with E-state index in [1.165, 1.54) is 11.3 Å². The zero-order valence-electron chi connectivity index (χ0n) is 14.4. The Bertz CT molecular complexity index is 1120. The van der Waals surface area contributed by atoms with Crippen molar-refractivity contribution in [2.45, 2.75) is 12.7 Å². The zero-order chi connectivity index (χ0) is 19.7. The van der Waals surface area contributed by atoms with Crippen molar-refractivity contribution < 1.29 is 18.0 Å². The van der Waals surface area contributed by atoms with Crippen LogP contribution in [-0.2, 0) is 12.7 Å². The Kier molecular flexibility index (Phi) is 4.64. The number of carbonyl (C=O) groups excluding carboxylic acids is 1.